The fourth-order valence-corrected chi connectivity index (χ4v) is 1.52. The van der Waals surface area contributed by atoms with Crippen molar-refractivity contribution in [1.29, 1.82) is 0 Å². The van der Waals surface area contributed by atoms with Gasteiger partial charge in [-0.25, -0.2) is 19.3 Å². The van der Waals surface area contributed by atoms with E-state index in [4.69, 9.17) is 21.0 Å². The molecule has 0 fully saturated rings. The molecule has 0 saturated heterocycles. The molecule has 0 aromatic heterocycles. The van der Waals surface area contributed by atoms with E-state index in [0.717, 1.165) is 6.07 Å². The molecule has 0 heterocycles. The molecular weight excluding hydrogens is 363 g/mol. The summed E-state index contributed by atoms with van der Waals surface area (Å²) in [5.74, 6) is -4.06. The van der Waals surface area contributed by atoms with Crippen LogP contribution < -0.4 is 21.7 Å². The molecule has 5 N–H and O–H groups in total. The first kappa shape index (κ1) is 22.8. The van der Waals surface area contributed by atoms with Crippen molar-refractivity contribution in [3.05, 3.63) is 29.6 Å². The number of hydroxylamine groups is 1. The van der Waals surface area contributed by atoms with Crippen molar-refractivity contribution < 1.29 is 22.7 Å². The molecule has 0 aliphatic carbocycles. The van der Waals surface area contributed by atoms with Crippen molar-refractivity contribution >= 4 is 24.3 Å². The van der Waals surface area contributed by atoms with E-state index in [1.807, 2.05) is 13.8 Å². The fraction of sp³-hybridized carbons (Fsp3) is 0.429. The first-order valence-electron chi connectivity index (χ1n) is 7.12. The highest BCUT2D eigenvalue weighted by Crippen LogP contribution is 2.21. The Labute approximate surface area is 149 Å². The largest absolute Gasteiger partial charge is 0.490 e. The van der Waals surface area contributed by atoms with Gasteiger partial charge < -0.3 is 16.2 Å². The van der Waals surface area contributed by atoms with Crippen LogP contribution in [0.5, 0.6) is 5.75 Å². The normalized spacial score (nSPS) is 12.1. The summed E-state index contributed by atoms with van der Waals surface area (Å²) in [6.07, 6.45) is 0.299. The van der Waals surface area contributed by atoms with Gasteiger partial charge in [-0.15, -0.1) is 12.4 Å². The summed E-state index contributed by atoms with van der Waals surface area (Å²) in [5, 5.41) is 0. The summed E-state index contributed by atoms with van der Waals surface area (Å²) in [5.41, 5.74) is 13.3. The maximum atomic E-state index is 13.3. The number of nitrogens with one attached hydrogen (secondary N) is 1. The summed E-state index contributed by atoms with van der Waals surface area (Å²) in [6.45, 7) is 3.76. The second-order valence-electron chi connectivity index (χ2n) is 4.93. The number of ether oxygens (including phenoxy) is 1. The monoisotopic (exact) mass is 383 g/mol. The molecule has 0 aliphatic heterocycles. The van der Waals surface area contributed by atoms with Gasteiger partial charge in [0, 0.05) is 24.6 Å². The van der Waals surface area contributed by atoms with Crippen LogP contribution in [0.2, 0.25) is 0 Å². The molecular formula is C14H21ClF3N5O2. The molecule has 0 saturated carbocycles. The zero-order valence-electron chi connectivity index (χ0n) is 13.8. The molecule has 0 amide bonds. The Bertz CT molecular complexity index is 614. The standard InChI is InChI=1S/C14H20F3N5O2.ClH/c1-8(2)20-13(18)21-14(19)22-24-5-3-4-23-11-7-9(15)6-10(16)12(11)17;/h6-8H,3-5H2,1-2H3,(H5,18,19,20,21,22);1H. The summed E-state index contributed by atoms with van der Waals surface area (Å²) in [6, 6.07) is 1.18. The molecule has 11 heteroatoms. The van der Waals surface area contributed by atoms with E-state index in [1.165, 1.54) is 0 Å². The predicted octanol–water partition coefficient (Wildman–Crippen LogP) is 1.85. The highest BCUT2D eigenvalue weighted by atomic mass is 35.5. The summed E-state index contributed by atoms with van der Waals surface area (Å²) in [7, 11) is 0. The average molecular weight is 384 g/mol. The molecule has 1 rings (SSSR count). The second kappa shape index (κ2) is 11.4. The van der Waals surface area contributed by atoms with Crippen LogP contribution in [0.4, 0.5) is 13.2 Å². The van der Waals surface area contributed by atoms with Gasteiger partial charge in [0.1, 0.15) is 5.82 Å². The van der Waals surface area contributed by atoms with Crippen LogP contribution in [0.25, 0.3) is 0 Å². The number of halogens is 4. The lowest BCUT2D eigenvalue weighted by Gasteiger charge is -2.09. The van der Waals surface area contributed by atoms with Gasteiger partial charge in [-0.05, 0) is 13.8 Å². The lowest BCUT2D eigenvalue weighted by molar-refractivity contribution is 0.0734. The maximum Gasteiger partial charge on any atom is 0.221 e. The predicted molar refractivity (Wildman–Crippen MR) is 91.1 cm³/mol. The van der Waals surface area contributed by atoms with Crippen molar-refractivity contribution in [2.75, 3.05) is 13.2 Å². The molecule has 7 nitrogen and oxygen atoms in total. The number of nitrogens with two attached hydrogens (primary N) is 2. The lowest BCUT2D eigenvalue weighted by atomic mass is 10.3. The molecule has 1 aromatic rings. The fourth-order valence-electron chi connectivity index (χ4n) is 1.52. The van der Waals surface area contributed by atoms with Crippen LogP contribution in [0, 0.1) is 17.5 Å². The number of hydrogen-bond donors (Lipinski definition) is 3. The first-order valence-corrected chi connectivity index (χ1v) is 7.12. The Hall–Kier alpha value is -2.20. The van der Waals surface area contributed by atoms with Crippen LogP contribution in [0.1, 0.15) is 20.3 Å². The minimum Gasteiger partial charge on any atom is -0.490 e. The summed E-state index contributed by atoms with van der Waals surface area (Å²) >= 11 is 0. The third kappa shape index (κ3) is 9.01. The van der Waals surface area contributed by atoms with E-state index in [1.54, 1.807) is 0 Å². The van der Waals surface area contributed by atoms with Crippen molar-refractivity contribution in [3.8, 4) is 5.75 Å². The Balaban J connectivity index is 0.00000576. The van der Waals surface area contributed by atoms with Gasteiger partial charge >= 0.3 is 0 Å². The molecule has 25 heavy (non-hydrogen) atoms. The molecule has 0 aliphatic rings. The van der Waals surface area contributed by atoms with Crippen LogP contribution in [-0.4, -0.2) is 31.2 Å². The highest BCUT2D eigenvalue weighted by molar-refractivity contribution is 5.92. The topological polar surface area (TPSA) is 107 Å². The van der Waals surface area contributed by atoms with E-state index < -0.39 is 23.2 Å². The van der Waals surface area contributed by atoms with Gasteiger partial charge in [0.25, 0.3) is 0 Å². The number of nitrogens with zero attached hydrogens (tertiary/aromatic N) is 2. The van der Waals surface area contributed by atoms with E-state index >= 15 is 0 Å². The van der Waals surface area contributed by atoms with Crippen molar-refractivity contribution in [1.82, 2.24) is 5.48 Å². The maximum absolute atomic E-state index is 13.3. The second-order valence-corrected chi connectivity index (χ2v) is 4.93. The van der Waals surface area contributed by atoms with Gasteiger partial charge in [0.05, 0.1) is 13.2 Å². The number of rotatable bonds is 7. The lowest BCUT2D eigenvalue weighted by Crippen LogP contribution is -2.34. The molecule has 0 spiro atoms. The molecule has 0 unspecified atom stereocenters. The quantitative estimate of drug-likeness (QED) is 0.219. The van der Waals surface area contributed by atoms with E-state index in [2.05, 4.69) is 15.5 Å². The number of benzene rings is 1. The number of aliphatic imine (C=N–C) groups is 2. The third-order valence-electron chi connectivity index (χ3n) is 2.41. The summed E-state index contributed by atoms with van der Waals surface area (Å²) in [4.78, 5) is 12.7. The Morgan fingerprint density at radius 3 is 2.52 bits per heavy atom. The zero-order chi connectivity index (χ0) is 18.1. The smallest absolute Gasteiger partial charge is 0.221 e. The highest BCUT2D eigenvalue weighted by Gasteiger charge is 2.11. The van der Waals surface area contributed by atoms with E-state index in [9.17, 15) is 13.2 Å². The van der Waals surface area contributed by atoms with Crippen molar-refractivity contribution in [2.45, 2.75) is 26.3 Å². The van der Waals surface area contributed by atoms with Crippen LogP contribution in [0.15, 0.2) is 22.1 Å². The molecule has 142 valence electrons. The zero-order valence-corrected chi connectivity index (χ0v) is 14.6. The van der Waals surface area contributed by atoms with E-state index in [0.29, 0.717) is 12.5 Å². The average Bonchev–Trinajstić information content (AvgIpc) is 2.46. The Morgan fingerprint density at radius 2 is 1.88 bits per heavy atom. The van der Waals surface area contributed by atoms with Gasteiger partial charge in [-0.1, -0.05) is 0 Å². The first-order chi connectivity index (χ1) is 11.3. The van der Waals surface area contributed by atoms with Gasteiger partial charge in [-0.3, -0.25) is 4.84 Å². The molecule has 0 bridgehead atoms. The van der Waals surface area contributed by atoms with Crippen LogP contribution in [-0.2, 0) is 4.84 Å². The number of guanidine groups is 2. The summed E-state index contributed by atoms with van der Waals surface area (Å²) < 4.78 is 44.2. The minimum absolute atomic E-state index is 0. The molecule has 0 atom stereocenters. The number of hydrogen-bond acceptors (Lipinski definition) is 3. The third-order valence-corrected chi connectivity index (χ3v) is 2.41. The Morgan fingerprint density at radius 1 is 1.20 bits per heavy atom. The van der Waals surface area contributed by atoms with Gasteiger partial charge in [0.15, 0.2) is 11.6 Å². The van der Waals surface area contributed by atoms with Gasteiger partial charge in [0.2, 0.25) is 17.7 Å². The molecule has 1 aromatic carbocycles. The Kier molecular flexibility index (Phi) is 10.4. The van der Waals surface area contributed by atoms with Crippen LogP contribution in [0.3, 0.4) is 0 Å². The minimum atomic E-state index is -1.31. The van der Waals surface area contributed by atoms with Crippen LogP contribution >= 0.6 is 12.4 Å². The van der Waals surface area contributed by atoms with E-state index in [-0.39, 0.29) is 43.6 Å². The van der Waals surface area contributed by atoms with Gasteiger partial charge in [-0.2, -0.15) is 9.38 Å². The van der Waals surface area contributed by atoms with Crippen molar-refractivity contribution in [3.63, 3.8) is 0 Å². The SMILES string of the molecule is CC(C)N=C(N)N=C(N)NOCCCOc1cc(F)cc(F)c1F.Cl. The van der Waals surface area contributed by atoms with Crippen molar-refractivity contribution in [2.24, 2.45) is 21.5 Å². The molecule has 0 radical (unpaired) electrons.